The predicted octanol–water partition coefficient (Wildman–Crippen LogP) is 3.06. The van der Waals surface area contributed by atoms with Gasteiger partial charge in [-0.2, -0.15) is 0 Å². The molecule has 2 aromatic rings. The van der Waals surface area contributed by atoms with Gasteiger partial charge in [-0.3, -0.25) is 0 Å². The van der Waals surface area contributed by atoms with E-state index in [1.165, 1.54) is 4.68 Å². The Morgan fingerprint density at radius 2 is 2.18 bits per heavy atom. The van der Waals surface area contributed by atoms with Crippen LogP contribution in [0.2, 0.25) is 0 Å². The summed E-state index contributed by atoms with van der Waals surface area (Å²) in [4.78, 5) is 0.0774. The minimum Gasteiger partial charge on any atom is -0.248 e. The average Bonchev–Trinajstić information content (AvgIpc) is 2.72. The molecule has 0 aliphatic rings. The van der Waals surface area contributed by atoms with Crippen molar-refractivity contribution in [2.24, 2.45) is 0 Å². The molecule has 0 bridgehead atoms. The number of alkyl halides is 1. The second-order valence-corrected chi connectivity index (χ2v) is 5.07. The summed E-state index contributed by atoms with van der Waals surface area (Å²) < 4.78 is 27.8. The summed E-state index contributed by atoms with van der Waals surface area (Å²) in [7, 11) is 0. The van der Waals surface area contributed by atoms with Crippen molar-refractivity contribution in [1.82, 2.24) is 15.0 Å². The molecule has 3 nitrogen and oxygen atoms in total. The molecule has 1 aromatic heterocycles. The smallest absolute Gasteiger partial charge is 0.128 e. The van der Waals surface area contributed by atoms with Crippen molar-refractivity contribution in [3.05, 3.63) is 47.3 Å². The van der Waals surface area contributed by atoms with E-state index in [0.29, 0.717) is 0 Å². The molecule has 0 radical (unpaired) electrons. The predicted molar refractivity (Wildman–Crippen MR) is 62.8 cm³/mol. The van der Waals surface area contributed by atoms with E-state index >= 15 is 0 Å². The van der Waals surface area contributed by atoms with Crippen molar-refractivity contribution in [3.63, 3.8) is 0 Å². The van der Waals surface area contributed by atoms with Crippen LogP contribution in [-0.4, -0.2) is 15.0 Å². The van der Waals surface area contributed by atoms with Crippen molar-refractivity contribution in [2.45, 2.75) is 18.3 Å². The van der Waals surface area contributed by atoms with Crippen molar-refractivity contribution in [3.8, 4) is 0 Å². The topological polar surface area (TPSA) is 30.7 Å². The summed E-state index contributed by atoms with van der Waals surface area (Å²) in [6.45, 7) is 2.08. The molecule has 0 N–H and O–H groups in total. The molecule has 0 spiro atoms. The van der Waals surface area contributed by atoms with Gasteiger partial charge in [0.25, 0.3) is 0 Å². The number of hydrogen-bond acceptors (Lipinski definition) is 2. The summed E-state index contributed by atoms with van der Waals surface area (Å²) >= 11 is 3.36. The molecule has 1 unspecified atom stereocenters. The van der Waals surface area contributed by atoms with Gasteiger partial charge in [0.15, 0.2) is 0 Å². The summed E-state index contributed by atoms with van der Waals surface area (Å²) in [5, 5.41) is 7.76. The van der Waals surface area contributed by atoms with Crippen molar-refractivity contribution in [2.75, 3.05) is 0 Å². The molecule has 1 atom stereocenters. The maximum Gasteiger partial charge on any atom is 0.128 e. The van der Waals surface area contributed by atoms with Crippen LogP contribution in [0, 0.1) is 11.6 Å². The fourth-order valence-electron chi connectivity index (χ4n) is 1.41. The van der Waals surface area contributed by atoms with E-state index in [1.54, 1.807) is 6.20 Å². The first-order valence-corrected chi connectivity index (χ1v) is 5.96. The van der Waals surface area contributed by atoms with Crippen LogP contribution in [0.1, 0.15) is 23.0 Å². The molecule has 0 aliphatic heterocycles. The first-order valence-electron chi connectivity index (χ1n) is 5.04. The molecular weight excluding hydrogens is 292 g/mol. The van der Waals surface area contributed by atoms with E-state index in [4.69, 9.17) is 0 Å². The van der Waals surface area contributed by atoms with Crippen LogP contribution in [-0.2, 0) is 6.54 Å². The lowest BCUT2D eigenvalue weighted by Crippen LogP contribution is -2.03. The lowest BCUT2D eigenvalue weighted by molar-refractivity contribution is 0.560. The lowest BCUT2D eigenvalue weighted by atomic mass is 10.2. The molecule has 0 saturated carbocycles. The van der Waals surface area contributed by atoms with Crippen LogP contribution in [0.15, 0.2) is 24.4 Å². The maximum absolute atomic E-state index is 13.4. The van der Waals surface area contributed by atoms with Gasteiger partial charge < -0.3 is 0 Å². The van der Waals surface area contributed by atoms with Gasteiger partial charge in [0.05, 0.1) is 17.1 Å². The highest BCUT2D eigenvalue weighted by Gasteiger charge is 2.09. The van der Waals surface area contributed by atoms with Crippen LogP contribution < -0.4 is 0 Å². The molecule has 0 amide bonds. The number of nitrogens with zero attached hydrogens (tertiary/aromatic N) is 3. The number of aromatic nitrogens is 3. The monoisotopic (exact) mass is 301 g/mol. The standard InChI is InChI=1S/C11H10BrF2N3/c1-7(12)11-6-17(16-15-11)5-8-4-9(13)2-3-10(8)14/h2-4,6-7H,5H2,1H3. The second kappa shape index (κ2) is 4.91. The summed E-state index contributed by atoms with van der Waals surface area (Å²) in [6.07, 6.45) is 1.70. The van der Waals surface area contributed by atoms with Gasteiger partial charge >= 0.3 is 0 Å². The summed E-state index contributed by atoms with van der Waals surface area (Å²) in [5.74, 6) is -0.911. The minimum absolute atomic E-state index is 0.0774. The van der Waals surface area contributed by atoms with Gasteiger partial charge in [-0.05, 0) is 25.1 Å². The molecule has 17 heavy (non-hydrogen) atoms. The Bertz CT molecular complexity index is 525. The number of halogens is 3. The van der Waals surface area contributed by atoms with Crippen LogP contribution in [0.3, 0.4) is 0 Å². The zero-order valence-electron chi connectivity index (χ0n) is 9.07. The quantitative estimate of drug-likeness (QED) is 0.816. The molecule has 6 heteroatoms. The molecule has 1 heterocycles. The van der Waals surface area contributed by atoms with E-state index in [1.807, 2.05) is 6.92 Å². The molecule has 0 aliphatic carbocycles. The molecule has 0 saturated heterocycles. The first kappa shape index (κ1) is 12.2. The number of hydrogen-bond donors (Lipinski definition) is 0. The van der Waals surface area contributed by atoms with Gasteiger partial charge in [-0.1, -0.05) is 21.1 Å². The van der Waals surface area contributed by atoms with E-state index in [9.17, 15) is 8.78 Å². The van der Waals surface area contributed by atoms with Crippen LogP contribution in [0.25, 0.3) is 0 Å². The third-order valence-corrected chi connectivity index (χ3v) is 2.77. The van der Waals surface area contributed by atoms with Gasteiger partial charge in [-0.25, -0.2) is 13.5 Å². The Kier molecular flexibility index (Phi) is 3.51. The third kappa shape index (κ3) is 2.88. The largest absolute Gasteiger partial charge is 0.248 e. The number of rotatable bonds is 3. The SMILES string of the molecule is CC(Br)c1cn(Cc2cc(F)ccc2F)nn1. The average molecular weight is 302 g/mol. The van der Waals surface area contributed by atoms with E-state index in [2.05, 4.69) is 26.2 Å². The Balaban J connectivity index is 2.22. The Morgan fingerprint density at radius 1 is 1.41 bits per heavy atom. The van der Waals surface area contributed by atoms with Crippen LogP contribution in [0.4, 0.5) is 8.78 Å². The minimum atomic E-state index is -0.462. The zero-order valence-corrected chi connectivity index (χ0v) is 10.7. The summed E-state index contributed by atoms with van der Waals surface area (Å²) in [5.41, 5.74) is 1.01. The maximum atomic E-state index is 13.4. The van der Waals surface area contributed by atoms with Crippen molar-refractivity contribution in [1.29, 1.82) is 0 Å². The molecule has 2 rings (SSSR count). The Labute approximate surface area is 106 Å². The van der Waals surface area contributed by atoms with Gasteiger partial charge in [0.2, 0.25) is 0 Å². The molecule has 1 aromatic carbocycles. The Hall–Kier alpha value is -1.30. The Morgan fingerprint density at radius 3 is 2.82 bits per heavy atom. The molecular formula is C11H10BrF2N3. The normalized spacial score (nSPS) is 12.7. The van der Waals surface area contributed by atoms with Crippen molar-refractivity contribution < 1.29 is 8.78 Å². The number of benzene rings is 1. The fourth-order valence-corrected chi connectivity index (χ4v) is 1.62. The van der Waals surface area contributed by atoms with Gasteiger partial charge in [0.1, 0.15) is 11.6 Å². The summed E-state index contributed by atoms with van der Waals surface area (Å²) in [6, 6.07) is 3.36. The highest BCUT2D eigenvalue weighted by molar-refractivity contribution is 9.09. The zero-order chi connectivity index (χ0) is 12.4. The van der Waals surface area contributed by atoms with Crippen LogP contribution >= 0.6 is 15.9 Å². The molecule has 0 fully saturated rings. The van der Waals surface area contributed by atoms with Gasteiger partial charge in [0, 0.05) is 11.8 Å². The lowest BCUT2D eigenvalue weighted by Gasteiger charge is -2.02. The highest BCUT2D eigenvalue weighted by atomic mass is 79.9. The third-order valence-electron chi connectivity index (χ3n) is 2.30. The molecule has 90 valence electrons. The van der Waals surface area contributed by atoms with Crippen LogP contribution in [0.5, 0.6) is 0 Å². The second-order valence-electron chi connectivity index (χ2n) is 3.69. The van der Waals surface area contributed by atoms with Crippen molar-refractivity contribution >= 4 is 15.9 Å². The van der Waals surface area contributed by atoms with E-state index in [-0.39, 0.29) is 16.9 Å². The van der Waals surface area contributed by atoms with E-state index in [0.717, 1.165) is 23.9 Å². The first-order chi connectivity index (χ1) is 8.06. The fraction of sp³-hybridized carbons (Fsp3) is 0.273. The highest BCUT2D eigenvalue weighted by Crippen LogP contribution is 2.18. The van der Waals surface area contributed by atoms with E-state index < -0.39 is 11.6 Å². The van der Waals surface area contributed by atoms with Gasteiger partial charge in [-0.15, -0.1) is 5.10 Å².